The molecule has 1 amide bonds. The van der Waals surface area contributed by atoms with Gasteiger partial charge in [0.25, 0.3) is 12.3 Å². The largest absolute Gasteiger partial charge is 0.491 e. The fraction of sp³-hybridized carbons (Fsp3) is 0.444. The molecule has 1 fully saturated rings. The van der Waals surface area contributed by atoms with E-state index < -0.39 is 31.0 Å². The molecule has 0 bridgehead atoms. The lowest BCUT2D eigenvalue weighted by atomic mass is 10.1. The van der Waals surface area contributed by atoms with Crippen LogP contribution in [0, 0.1) is 0 Å². The third-order valence-corrected chi connectivity index (χ3v) is 4.93. The number of rotatable bonds is 6. The van der Waals surface area contributed by atoms with Crippen molar-refractivity contribution >= 4 is 17.4 Å². The van der Waals surface area contributed by atoms with Gasteiger partial charge in [-0.25, -0.2) is 13.8 Å². The molecule has 0 aliphatic carbocycles. The molecule has 3 heterocycles. The average Bonchev–Trinajstić information content (AvgIpc) is 3.25. The number of hydrogen-bond donors (Lipinski definition) is 3. The van der Waals surface area contributed by atoms with E-state index in [1.165, 1.54) is 7.11 Å². The van der Waals surface area contributed by atoms with Crippen molar-refractivity contribution in [2.75, 3.05) is 30.5 Å². The molecule has 12 heteroatoms. The summed E-state index contributed by atoms with van der Waals surface area (Å²) in [6.45, 7) is 0.433. The lowest BCUT2D eigenvalue weighted by molar-refractivity contribution is -0.126. The summed E-state index contributed by atoms with van der Waals surface area (Å²) in [5.41, 5.74) is 6.44. The fourth-order valence-electron chi connectivity index (χ4n) is 3.47. The number of alkyl halides is 2. The molecule has 0 spiro atoms. The molecule has 2 aromatic rings. The number of halogens is 2. The molecular formula is C18H21F2N5O5. The number of amides is 1. The zero-order valence-corrected chi connectivity index (χ0v) is 16.0. The number of carbonyl (C=O) groups excluding carboxylic acids is 1. The molecule has 30 heavy (non-hydrogen) atoms. The van der Waals surface area contributed by atoms with Gasteiger partial charge in [-0.2, -0.15) is 0 Å². The molecule has 162 valence electrons. The van der Waals surface area contributed by atoms with Crippen LogP contribution in [0.2, 0.25) is 0 Å². The second-order valence-corrected chi connectivity index (χ2v) is 6.81. The van der Waals surface area contributed by atoms with E-state index in [2.05, 4.69) is 10.3 Å². The second-order valence-electron chi connectivity index (χ2n) is 6.81. The van der Waals surface area contributed by atoms with Crippen LogP contribution < -0.4 is 20.7 Å². The first kappa shape index (κ1) is 20.3. The normalized spacial score (nSPS) is 21.6. The number of methoxy groups -OCH3 is 1. The van der Waals surface area contributed by atoms with E-state index in [4.69, 9.17) is 19.9 Å². The van der Waals surface area contributed by atoms with Gasteiger partial charge >= 0.3 is 0 Å². The first-order chi connectivity index (χ1) is 14.4. The Bertz CT molecular complexity index is 940. The number of nitrogens with zero attached hydrogens (tertiary/aromatic N) is 3. The number of nitrogens with two attached hydrogens (primary N) is 1. The Morgan fingerprint density at radius 2 is 2.27 bits per heavy atom. The van der Waals surface area contributed by atoms with Crippen molar-refractivity contribution < 1.29 is 32.9 Å². The van der Waals surface area contributed by atoms with Gasteiger partial charge in [0.15, 0.2) is 5.82 Å². The van der Waals surface area contributed by atoms with Gasteiger partial charge in [0, 0.05) is 25.1 Å². The van der Waals surface area contributed by atoms with Crippen molar-refractivity contribution in [3.05, 3.63) is 24.4 Å². The molecule has 4 rings (SSSR count). The topological polar surface area (TPSA) is 124 Å². The minimum absolute atomic E-state index is 0.184. The van der Waals surface area contributed by atoms with Crippen LogP contribution in [-0.4, -0.2) is 66.0 Å². The van der Waals surface area contributed by atoms with Crippen LogP contribution in [-0.2, 0) is 20.8 Å². The van der Waals surface area contributed by atoms with E-state index in [0.29, 0.717) is 36.0 Å². The number of aromatic nitrogens is 2. The van der Waals surface area contributed by atoms with E-state index in [1.54, 1.807) is 29.0 Å². The van der Waals surface area contributed by atoms with Gasteiger partial charge in [0.2, 0.25) is 12.6 Å². The molecule has 0 saturated carbocycles. The Morgan fingerprint density at radius 1 is 1.47 bits per heavy atom. The van der Waals surface area contributed by atoms with Crippen LogP contribution in [0.1, 0.15) is 0 Å². The number of primary amides is 1. The molecule has 4 N–H and O–H groups in total. The van der Waals surface area contributed by atoms with Gasteiger partial charge in [-0.1, -0.05) is 0 Å². The Morgan fingerprint density at radius 3 is 2.97 bits per heavy atom. The number of imidazole rings is 1. The summed E-state index contributed by atoms with van der Waals surface area (Å²) < 4.78 is 44.2. The third-order valence-electron chi connectivity index (χ3n) is 4.93. The highest BCUT2D eigenvalue weighted by molar-refractivity contribution is 5.82. The SMILES string of the molecule is CO[C@H](Nc1ccc2c(c1)OCCn1cc(N3C(O)OC[C@H]3C(F)F)nc1-2)C(N)=O. The molecule has 1 aromatic carbocycles. The zero-order valence-electron chi connectivity index (χ0n) is 16.0. The summed E-state index contributed by atoms with van der Waals surface area (Å²) in [7, 11) is 1.35. The molecule has 2 aliphatic heterocycles. The van der Waals surface area contributed by atoms with Crippen molar-refractivity contribution in [3.63, 3.8) is 0 Å². The van der Waals surface area contributed by atoms with Gasteiger partial charge in [-0.05, 0) is 12.1 Å². The Kier molecular flexibility index (Phi) is 5.45. The highest BCUT2D eigenvalue weighted by Crippen LogP contribution is 2.37. The zero-order chi connectivity index (χ0) is 21.4. The van der Waals surface area contributed by atoms with Gasteiger partial charge in [0.1, 0.15) is 24.2 Å². The predicted molar refractivity (Wildman–Crippen MR) is 101 cm³/mol. The quantitative estimate of drug-likeness (QED) is 0.574. The summed E-state index contributed by atoms with van der Waals surface area (Å²) in [6, 6.07) is 3.79. The second kappa shape index (κ2) is 8.05. The standard InChI is InChI=1S/C18H21F2N5O5/c1-28-17(15(21)26)22-9-2-3-10-12(6-9)29-5-4-24-7-13(23-16(10)24)25-11(14(19)20)8-30-18(25)27/h2-3,6-7,11,14,17-18,22,27H,4-5,8H2,1H3,(H2,21,26)/t11-,17-,18?/m0/s1. The van der Waals surface area contributed by atoms with Gasteiger partial charge in [-0.15, -0.1) is 0 Å². The summed E-state index contributed by atoms with van der Waals surface area (Å²) in [5.74, 6) is 0.491. The van der Waals surface area contributed by atoms with Crippen LogP contribution in [0.25, 0.3) is 11.4 Å². The van der Waals surface area contributed by atoms with E-state index in [0.717, 1.165) is 4.90 Å². The van der Waals surface area contributed by atoms with E-state index >= 15 is 0 Å². The maximum atomic E-state index is 13.3. The number of ether oxygens (including phenoxy) is 3. The number of carbonyl (C=O) groups is 1. The number of anilines is 2. The van der Waals surface area contributed by atoms with Crippen LogP contribution in [0.15, 0.2) is 24.4 Å². The molecule has 0 radical (unpaired) electrons. The van der Waals surface area contributed by atoms with E-state index in [9.17, 15) is 18.7 Å². The van der Waals surface area contributed by atoms with E-state index in [-0.39, 0.29) is 12.4 Å². The number of benzene rings is 1. The lowest BCUT2D eigenvalue weighted by Gasteiger charge is -2.24. The average molecular weight is 425 g/mol. The molecule has 1 unspecified atom stereocenters. The number of aliphatic hydroxyl groups is 1. The number of fused-ring (bicyclic) bond motifs is 3. The van der Waals surface area contributed by atoms with E-state index in [1.807, 2.05) is 0 Å². The first-order valence-corrected chi connectivity index (χ1v) is 9.18. The van der Waals surface area contributed by atoms with Crippen molar-refractivity contribution in [1.29, 1.82) is 0 Å². The number of aliphatic hydroxyl groups excluding tert-OH is 1. The monoisotopic (exact) mass is 425 g/mol. The minimum atomic E-state index is -2.70. The molecule has 2 aliphatic rings. The summed E-state index contributed by atoms with van der Waals surface area (Å²) in [4.78, 5) is 16.9. The lowest BCUT2D eigenvalue weighted by Crippen LogP contribution is -2.41. The summed E-state index contributed by atoms with van der Waals surface area (Å²) >= 11 is 0. The predicted octanol–water partition coefficient (Wildman–Crippen LogP) is 0.558. The Labute approximate surface area is 170 Å². The molecule has 3 atom stereocenters. The molecule has 10 nitrogen and oxygen atoms in total. The molecule has 1 aromatic heterocycles. The van der Waals surface area contributed by atoms with Crippen molar-refractivity contribution in [1.82, 2.24) is 9.55 Å². The van der Waals surface area contributed by atoms with Crippen molar-refractivity contribution in [3.8, 4) is 17.1 Å². The van der Waals surface area contributed by atoms with Gasteiger partial charge < -0.3 is 34.9 Å². The van der Waals surface area contributed by atoms with Crippen molar-refractivity contribution in [2.24, 2.45) is 5.73 Å². The smallest absolute Gasteiger partial charge is 0.267 e. The summed E-state index contributed by atoms with van der Waals surface area (Å²) in [6.07, 6.45) is -3.62. The number of nitrogens with one attached hydrogen (secondary N) is 1. The molecular weight excluding hydrogens is 404 g/mol. The Balaban J connectivity index is 1.67. The fourth-order valence-corrected chi connectivity index (χ4v) is 3.47. The highest BCUT2D eigenvalue weighted by atomic mass is 19.3. The maximum Gasteiger partial charge on any atom is 0.267 e. The minimum Gasteiger partial charge on any atom is -0.491 e. The molecule has 1 saturated heterocycles. The van der Waals surface area contributed by atoms with Gasteiger partial charge in [-0.3, -0.25) is 9.69 Å². The third kappa shape index (κ3) is 3.64. The number of hydrogen-bond acceptors (Lipinski definition) is 8. The maximum absolute atomic E-state index is 13.3. The highest BCUT2D eigenvalue weighted by Gasteiger charge is 2.41. The van der Waals surface area contributed by atoms with Crippen LogP contribution in [0.3, 0.4) is 0 Å². The van der Waals surface area contributed by atoms with Crippen LogP contribution in [0.4, 0.5) is 20.3 Å². The Hall–Kier alpha value is -2.96. The van der Waals surface area contributed by atoms with Crippen LogP contribution >= 0.6 is 0 Å². The van der Waals surface area contributed by atoms with Gasteiger partial charge in [0.05, 0.1) is 18.7 Å². The first-order valence-electron chi connectivity index (χ1n) is 9.18. The van der Waals surface area contributed by atoms with Crippen LogP contribution in [0.5, 0.6) is 5.75 Å². The summed E-state index contributed by atoms with van der Waals surface area (Å²) in [5, 5.41) is 12.9. The van der Waals surface area contributed by atoms with Crippen molar-refractivity contribution in [2.45, 2.75) is 31.7 Å².